The molecular weight excluding hydrogens is 475 g/mol. The van der Waals surface area contributed by atoms with E-state index in [-0.39, 0.29) is 23.0 Å². The van der Waals surface area contributed by atoms with Crippen molar-refractivity contribution in [3.8, 4) is 0 Å². The van der Waals surface area contributed by atoms with Crippen molar-refractivity contribution in [3.05, 3.63) is 40.2 Å². The molecule has 0 fully saturated rings. The lowest BCUT2D eigenvalue weighted by Crippen LogP contribution is -2.25. The third kappa shape index (κ3) is 5.67. The zero-order valence-electron chi connectivity index (χ0n) is 18.6. The number of thiazole rings is 1. The van der Waals surface area contributed by atoms with Gasteiger partial charge in [-0.1, -0.05) is 29.2 Å². The highest BCUT2D eigenvalue weighted by Crippen LogP contribution is 2.31. The Morgan fingerprint density at radius 1 is 1.24 bits per heavy atom. The second-order valence-corrected chi connectivity index (χ2v) is 9.32. The van der Waals surface area contributed by atoms with Gasteiger partial charge in [-0.3, -0.25) is 14.2 Å². The SMILES string of the molecule is CCN(CC)c1nc2nc(SCC(=O)Nc3cccc(C(F)(F)F)c3)n(C(C)C)c(=O)c2s1. The smallest absolute Gasteiger partial charge is 0.349 e. The van der Waals surface area contributed by atoms with Gasteiger partial charge >= 0.3 is 6.18 Å². The van der Waals surface area contributed by atoms with Crippen molar-refractivity contribution >= 4 is 50.2 Å². The summed E-state index contributed by atoms with van der Waals surface area (Å²) in [6.45, 7) is 9.17. The van der Waals surface area contributed by atoms with Gasteiger partial charge in [0.2, 0.25) is 5.91 Å². The standard InChI is InChI=1S/C21H24F3N5O2S2/c1-5-28(6-2)19-26-17-16(33-19)18(31)29(12(3)4)20(27-17)32-11-15(30)25-14-9-7-8-13(10-14)21(22,23)24/h7-10,12H,5-6,11H2,1-4H3,(H,25,30). The Balaban J connectivity index is 1.84. The van der Waals surface area contributed by atoms with Gasteiger partial charge in [0.15, 0.2) is 15.9 Å². The molecule has 1 amide bonds. The second-order valence-electron chi connectivity index (χ2n) is 7.40. The molecule has 1 aromatic carbocycles. The summed E-state index contributed by atoms with van der Waals surface area (Å²) in [5, 5.41) is 3.50. The van der Waals surface area contributed by atoms with Gasteiger partial charge in [0.25, 0.3) is 5.56 Å². The quantitative estimate of drug-likeness (QED) is 0.346. The third-order valence-electron chi connectivity index (χ3n) is 4.78. The largest absolute Gasteiger partial charge is 0.416 e. The number of carbonyl (C=O) groups is 1. The molecule has 3 rings (SSSR count). The second kappa shape index (κ2) is 10.1. The molecule has 0 aliphatic heterocycles. The van der Waals surface area contributed by atoms with Crippen molar-refractivity contribution in [2.45, 2.75) is 45.1 Å². The van der Waals surface area contributed by atoms with E-state index < -0.39 is 17.6 Å². The molecule has 0 aliphatic carbocycles. The summed E-state index contributed by atoms with van der Waals surface area (Å²) in [4.78, 5) is 36.6. The van der Waals surface area contributed by atoms with Crippen molar-refractivity contribution in [2.24, 2.45) is 0 Å². The van der Waals surface area contributed by atoms with E-state index in [0.29, 0.717) is 20.6 Å². The summed E-state index contributed by atoms with van der Waals surface area (Å²) >= 11 is 2.33. The van der Waals surface area contributed by atoms with Crippen LogP contribution in [-0.4, -0.2) is 39.3 Å². The van der Waals surface area contributed by atoms with Crippen LogP contribution in [0.3, 0.4) is 0 Å². The first kappa shape index (κ1) is 25.0. The van der Waals surface area contributed by atoms with Crippen LogP contribution in [0.4, 0.5) is 24.0 Å². The van der Waals surface area contributed by atoms with E-state index in [1.54, 1.807) is 0 Å². The first-order chi connectivity index (χ1) is 15.5. The average Bonchev–Trinajstić information content (AvgIpc) is 3.16. The van der Waals surface area contributed by atoms with Crippen LogP contribution in [0, 0.1) is 0 Å². The Morgan fingerprint density at radius 2 is 1.94 bits per heavy atom. The number of benzene rings is 1. The molecule has 0 aliphatic rings. The number of nitrogens with zero attached hydrogens (tertiary/aromatic N) is 4. The zero-order chi connectivity index (χ0) is 24.3. The molecule has 12 heteroatoms. The van der Waals surface area contributed by atoms with Crippen LogP contribution in [-0.2, 0) is 11.0 Å². The fourth-order valence-corrected chi connectivity index (χ4v) is 5.13. The van der Waals surface area contributed by atoms with E-state index in [1.807, 2.05) is 32.6 Å². The predicted octanol–water partition coefficient (Wildman–Crippen LogP) is 5.03. The maximum atomic E-state index is 13.1. The molecule has 2 heterocycles. The van der Waals surface area contributed by atoms with Crippen molar-refractivity contribution in [1.82, 2.24) is 14.5 Å². The van der Waals surface area contributed by atoms with E-state index in [9.17, 15) is 22.8 Å². The molecular formula is C21H24F3N5O2S2. The van der Waals surface area contributed by atoms with E-state index in [0.717, 1.165) is 37.0 Å². The fraction of sp³-hybridized carbons (Fsp3) is 0.429. The fourth-order valence-electron chi connectivity index (χ4n) is 3.14. The number of aromatic nitrogens is 3. The summed E-state index contributed by atoms with van der Waals surface area (Å²) in [6, 6.07) is 4.22. The normalized spacial score (nSPS) is 11.9. The minimum atomic E-state index is -4.50. The lowest BCUT2D eigenvalue weighted by Gasteiger charge is -2.15. The molecule has 0 saturated heterocycles. The number of amides is 1. The Bertz CT molecular complexity index is 1200. The van der Waals surface area contributed by atoms with Crippen LogP contribution in [0.25, 0.3) is 10.3 Å². The number of hydrogen-bond donors (Lipinski definition) is 1. The molecule has 7 nitrogen and oxygen atoms in total. The van der Waals surface area contributed by atoms with E-state index in [1.165, 1.54) is 28.0 Å². The number of thioether (sulfide) groups is 1. The van der Waals surface area contributed by atoms with Crippen LogP contribution in [0.1, 0.15) is 39.3 Å². The minimum absolute atomic E-state index is 0.0449. The monoisotopic (exact) mass is 499 g/mol. The number of halogens is 3. The van der Waals surface area contributed by atoms with Crippen molar-refractivity contribution < 1.29 is 18.0 Å². The van der Waals surface area contributed by atoms with Crippen LogP contribution < -0.4 is 15.8 Å². The highest BCUT2D eigenvalue weighted by atomic mass is 32.2. The molecule has 0 saturated carbocycles. The molecule has 0 spiro atoms. The number of alkyl halides is 3. The molecule has 33 heavy (non-hydrogen) atoms. The lowest BCUT2D eigenvalue weighted by molar-refractivity contribution is -0.137. The van der Waals surface area contributed by atoms with Gasteiger partial charge in [-0.05, 0) is 45.9 Å². The summed E-state index contributed by atoms with van der Waals surface area (Å²) in [5.74, 6) is -0.639. The maximum Gasteiger partial charge on any atom is 0.416 e. The van der Waals surface area contributed by atoms with Crippen molar-refractivity contribution in [2.75, 3.05) is 29.1 Å². The lowest BCUT2D eigenvalue weighted by atomic mass is 10.2. The van der Waals surface area contributed by atoms with E-state index in [4.69, 9.17) is 0 Å². The number of carbonyl (C=O) groups excluding carboxylic acids is 1. The summed E-state index contributed by atoms with van der Waals surface area (Å²) < 4.78 is 40.6. The molecule has 0 unspecified atom stereocenters. The third-order valence-corrected chi connectivity index (χ3v) is 6.82. The molecule has 178 valence electrons. The van der Waals surface area contributed by atoms with Crippen molar-refractivity contribution in [1.29, 1.82) is 0 Å². The van der Waals surface area contributed by atoms with Crippen LogP contribution in [0.2, 0.25) is 0 Å². The van der Waals surface area contributed by atoms with Crippen LogP contribution in [0.15, 0.2) is 34.2 Å². The van der Waals surface area contributed by atoms with Gasteiger partial charge in [0.1, 0.15) is 4.70 Å². The highest BCUT2D eigenvalue weighted by Gasteiger charge is 2.30. The number of anilines is 2. The van der Waals surface area contributed by atoms with E-state index in [2.05, 4.69) is 15.3 Å². The van der Waals surface area contributed by atoms with Gasteiger partial charge in [-0.25, -0.2) is 4.98 Å². The molecule has 3 aromatic rings. The van der Waals surface area contributed by atoms with Crippen molar-refractivity contribution in [3.63, 3.8) is 0 Å². The summed E-state index contributed by atoms with van der Waals surface area (Å²) in [7, 11) is 0. The number of rotatable bonds is 8. The van der Waals surface area contributed by atoms with Gasteiger partial charge in [-0.15, -0.1) is 0 Å². The van der Waals surface area contributed by atoms with Gasteiger partial charge < -0.3 is 10.2 Å². The Morgan fingerprint density at radius 3 is 2.55 bits per heavy atom. The Hall–Kier alpha value is -2.60. The molecule has 2 aromatic heterocycles. The Kier molecular flexibility index (Phi) is 7.68. The number of nitrogens with one attached hydrogen (secondary N) is 1. The van der Waals surface area contributed by atoms with Crippen LogP contribution in [0.5, 0.6) is 0 Å². The number of hydrogen-bond acceptors (Lipinski definition) is 7. The minimum Gasteiger partial charge on any atom is -0.349 e. The first-order valence-corrected chi connectivity index (χ1v) is 12.1. The molecule has 1 N–H and O–H groups in total. The van der Waals surface area contributed by atoms with Gasteiger partial charge in [0, 0.05) is 24.8 Å². The number of fused-ring (bicyclic) bond motifs is 1. The van der Waals surface area contributed by atoms with Gasteiger partial charge in [0.05, 0.1) is 11.3 Å². The first-order valence-electron chi connectivity index (χ1n) is 10.3. The molecule has 0 bridgehead atoms. The Labute approximate surface area is 197 Å². The maximum absolute atomic E-state index is 13.1. The van der Waals surface area contributed by atoms with Gasteiger partial charge in [-0.2, -0.15) is 18.2 Å². The summed E-state index contributed by atoms with van der Waals surface area (Å²) in [5.41, 5.74) is -0.707. The van der Waals surface area contributed by atoms with Crippen LogP contribution >= 0.6 is 23.1 Å². The average molecular weight is 500 g/mol. The molecule has 0 radical (unpaired) electrons. The zero-order valence-corrected chi connectivity index (χ0v) is 20.2. The summed E-state index contributed by atoms with van der Waals surface area (Å²) in [6.07, 6.45) is -4.50. The van der Waals surface area contributed by atoms with E-state index >= 15 is 0 Å². The molecule has 0 atom stereocenters. The highest BCUT2D eigenvalue weighted by molar-refractivity contribution is 7.99. The predicted molar refractivity (Wildman–Crippen MR) is 126 cm³/mol. The topological polar surface area (TPSA) is 80.1 Å².